The van der Waals surface area contributed by atoms with E-state index in [1.807, 2.05) is 30.0 Å². The molecule has 0 saturated carbocycles. The van der Waals surface area contributed by atoms with Gasteiger partial charge >= 0.3 is 0 Å². The smallest absolute Gasteiger partial charge is 0.239 e. The summed E-state index contributed by atoms with van der Waals surface area (Å²) in [5, 5.41) is 0. The number of aryl methyl sites for hydroxylation is 1. The van der Waals surface area contributed by atoms with Gasteiger partial charge in [0.1, 0.15) is 0 Å². The van der Waals surface area contributed by atoms with Crippen molar-refractivity contribution >= 4 is 5.91 Å². The Labute approximate surface area is 102 Å². The van der Waals surface area contributed by atoms with Crippen LogP contribution in [-0.4, -0.2) is 28.4 Å². The Morgan fingerprint density at radius 3 is 3.00 bits per heavy atom. The Bertz CT molecular complexity index is 417. The molecule has 17 heavy (non-hydrogen) atoms. The molecule has 0 spiro atoms. The summed E-state index contributed by atoms with van der Waals surface area (Å²) in [6.45, 7) is 4.50. The standard InChI is InChI=1S/C13H19N3O/c1-9-5-3-6-11(15-9)12-7-4-8-16(12)13(17)10(2)14/h3,5-6,10,12H,4,7-8,14H2,1-2H3/t10-,12+/m0/s1. The van der Waals surface area contributed by atoms with Gasteiger partial charge in [0.2, 0.25) is 5.91 Å². The molecule has 0 radical (unpaired) electrons. The van der Waals surface area contributed by atoms with Crippen molar-refractivity contribution < 1.29 is 4.79 Å². The van der Waals surface area contributed by atoms with Gasteiger partial charge in [-0.2, -0.15) is 0 Å². The topological polar surface area (TPSA) is 59.2 Å². The molecule has 92 valence electrons. The molecule has 1 aliphatic rings. The third-order valence-electron chi connectivity index (χ3n) is 3.18. The summed E-state index contributed by atoms with van der Waals surface area (Å²) in [7, 11) is 0. The second-order valence-electron chi connectivity index (χ2n) is 4.68. The first kappa shape index (κ1) is 12.0. The zero-order valence-electron chi connectivity index (χ0n) is 10.4. The Balaban J connectivity index is 2.23. The number of hydrogen-bond acceptors (Lipinski definition) is 3. The van der Waals surface area contributed by atoms with Gasteiger partial charge in [-0.1, -0.05) is 6.07 Å². The lowest BCUT2D eigenvalue weighted by atomic mass is 10.1. The zero-order chi connectivity index (χ0) is 12.4. The van der Waals surface area contributed by atoms with Crippen molar-refractivity contribution in [3.63, 3.8) is 0 Å². The largest absolute Gasteiger partial charge is 0.333 e. The predicted octanol–water partition coefficient (Wildman–Crippen LogP) is 1.40. The fraction of sp³-hybridized carbons (Fsp3) is 0.538. The van der Waals surface area contributed by atoms with Gasteiger partial charge in [0.15, 0.2) is 0 Å². The number of pyridine rings is 1. The molecule has 2 atom stereocenters. The zero-order valence-corrected chi connectivity index (χ0v) is 10.4. The summed E-state index contributed by atoms with van der Waals surface area (Å²) in [6.07, 6.45) is 2.01. The Morgan fingerprint density at radius 1 is 1.59 bits per heavy atom. The predicted molar refractivity (Wildman–Crippen MR) is 66.3 cm³/mol. The summed E-state index contributed by atoms with van der Waals surface area (Å²) >= 11 is 0. The number of aromatic nitrogens is 1. The maximum atomic E-state index is 12.0. The third kappa shape index (κ3) is 2.47. The van der Waals surface area contributed by atoms with E-state index in [9.17, 15) is 4.79 Å². The van der Waals surface area contributed by atoms with Crippen LogP contribution in [0.4, 0.5) is 0 Å². The number of rotatable bonds is 2. The number of carbonyl (C=O) groups excluding carboxylic acids is 1. The Morgan fingerprint density at radius 2 is 2.35 bits per heavy atom. The van der Waals surface area contributed by atoms with E-state index in [-0.39, 0.29) is 11.9 Å². The van der Waals surface area contributed by atoms with E-state index in [1.54, 1.807) is 6.92 Å². The molecule has 0 bridgehead atoms. The highest BCUT2D eigenvalue weighted by Gasteiger charge is 2.31. The highest BCUT2D eigenvalue weighted by Crippen LogP contribution is 2.31. The summed E-state index contributed by atoms with van der Waals surface area (Å²) in [6, 6.07) is 5.62. The van der Waals surface area contributed by atoms with Gasteiger partial charge in [-0.25, -0.2) is 0 Å². The Kier molecular flexibility index (Phi) is 3.43. The molecular formula is C13H19N3O. The minimum absolute atomic E-state index is 0.0239. The van der Waals surface area contributed by atoms with Crippen molar-refractivity contribution in [3.8, 4) is 0 Å². The van der Waals surface area contributed by atoms with Crippen molar-refractivity contribution in [2.24, 2.45) is 5.73 Å². The first-order valence-corrected chi connectivity index (χ1v) is 6.09. The van der Waals surface area contributed by atoms with E-state index < -0.39 is 6.04 Å². The van der Waals surface area contributed by atoms with Gasteiger partial charge in [0.25, 0.3) is 0 Å². The summed E-state index contributed by atoms with van der Waals surface area (Å²) in [5.41, 5.74) is 7.65. The minimum Gasteiger partial charge on any atom is -0.333 e. The van der Waals surface area contributed by atoms with Crippen molar-refractivity contribution in [3.05, 3.63) is 29.6 Å². The molecule has 1 amide bonds. The van der Waals surface area contributed by atoms with Crippen LogP contribution in [0.2, 0.25) is 0 Å². The summed E-state index contributed by atoms with van der Waals surface area (Å²) in [5.74, 6) is 0.0239. The highest BCUT2D eigenvalue weighted by atomic mass is 16.2. The van der Waals surface area contributed by atoms with Crippen LogP contribution in [0.1, 0.15) is 37.2 Å². The summed E-state index contributed by atoms with van der Waals surface area (Å²) in [4.78, 5) is 18.4. The van der Waals surface area contributed by atoms with Gasteiger partial charge in [-0.15, -0.1) is 0 Å². The number of carbonyl (C=O) groups is 1. The van der Waals surface area contributed by atoms with Crippen LogP contribution in [0.15, 0.2) is 18.2 Å². The molecule has 1 aromatic heterocycles. The van der Waals surface area contributed by atoms with Crippen LogP contribution in [0.25, 0.3) is 0 Å². The third-order valence-corrected chi connectivity index (χ3v) is 3.18. The second kappa shape index (κ2) is 4.84. The highest BCUT2D eigenvalue weighted by molar-refractivity contribution is 5.81. The van der Waals surface area contributed by atoms with E-state index in [1.165, 1.54) is 0 Å². The molecular weight excluding hydrogens is 214 g/mol. The molecule has 1 aromatic rings. The summed E-state index contributed by atoms with van der Waals surface area (Å²) < 4.78 is 0. The van der Waals surface area contributed by atoms with Crippen molar-refractivity contribution in [2.45, 2.75) is 38.8 Å². The van der Waals surface area contributed by atoms with E-state index in [4.69, 9.17) is 5.73 Å². The fourth-order valence-electron chi connectivity index (χ4n) is 2.35. The lowest BCUT2D eigenvalue weighted by Gasteiger charge is -2.26. The van der Waals surface area contributed by atoms with E-state index in [0.29, 0.717) is 0 Å². The second-order valence-corrected chi connectivity index (χ2v) is 4.68. The van der Waals surface area contributed by atoms with Crippen LogP contribution in [0.5, 0.6) is 0 Å². The number of hydrogen-bond donors (Lipinski definition) is 1. The molecule has 1 aliphatic heterocycles. The number of nitrogens with zero attached hydrogens (tertiary/aromatic N) is 2. The molecule has 1 saturated heterocycles. The maximum Gasteiger partial charge on any atom is 0.239 e. The van der Waals surface area contributed by atoms with Gasteiger partial charge in [0.05, 0.1) is 17.8 Å². The monoisotopic (exact) mass is 233 g/mol. The van der Waals surface area contributed by atoms with Crippen molar-refractivity contribution in [1.29, 1.82) is 0 Å². The van der Waals surface area contributed by atoms with Crippen LogP contribution in [0.3, 0.4) is 0 Å². The average Bonchev–Trinajstić information content (AvgIpc) is 2.76. The quantitative estimate of drug-likeness (QED) is 0.840. The van der Waals surface area contributed by atoms with Crippen LogP contribution in [-0.2, 0) is 4.79 Å². The molecule has 4 nitrogen and oxygen atoms in total. The number of likely N-dealkylation sites (tertiary alicyclic amines) is 1. The van der Waals surface area contributed by atoms with Gasteiger partial charge in [-0.3, -0.25) is 9.78 Å². The van der Waals surface area contributed by atoms with Crippen LogP contribution >= 0.6 is 0 Å². The number of amides is 1. The number of nitrogens with two attached hydrogens (primary N) is 1. The first-order chi connectivity index (χ1) is 8.09. The molecule has 2 N–H and O–H groups in total. The Hall–Kier alpha value is -1.42. The first-order valence-electron chi connectivity index (χ1n) is 6.09. The fourth-order valence-corrected chi connectivity index (χ4v) is 2.35. The molecule has 4 heteroatoms. The molecule has 1 fully saturated rings. The van der Waals surface area contributed by atoms with E-state index in [0.717, 1.165) is 30.8 Å². The SMILES string of the molecule is Cc1cccc([C@H]2CCCN2C(=O)[C@H](C)N)n1. The van der Waals surface area contributed by atoms with E-state index in [2.05, 4.69) is 4.98 Å². The molecule has 2 heterocycles. The van der Waals surface area contributed by atoms with Gasteiger partial charge in [0, 0.05) is 12.2 Å². The van der Waals surface area contributed by atoms with Crippen LogP contribution in [0, 0.1) is 6.92 Å². The molecule has 0 unspecified atom stereocenters. The average molecular weight is 233 g/mol. The molecule has 2 rings (SSSR count). The van der Waals surface area contributed by atoms with Crippen molar-refractivity contribution in [1.82, 2.24) is 9.88 Å². The van der Waals surface area contributed by atoms with Crippen molar-refractivity contribution in [2.75, 3.05) is 6.54 Å². The minimum atomic E-state index is -0.430. The lowest BCUT2D eigenvalue weighted by Crippen LogP contribution is -2.41. The lowest BCUT2D eigenvalue weighted by molar-refractivity contribution is -0.133. The molecule has 0 aromatic carbocycles. The van der Waals surface area contributed by atoms with Crippen LogP contribution < -0.4 is 5.73 Å². The normalized spacial score (nSPS) is 21.6. The van der Waals surface area contributed by atoms with Gasteiger partial charge < -0.3 is 10.6 Å². The molecule has 0 aliphatic carbocycles. The van der Waals surface area contributed by atoms with E-state index >= 15 is 0 Å². The van der Waals surface area contributed by atoms with Gasteiger partial charge in [-0.05, 0) is 38.8 Å². The maximum absolute atomic E-state index is 12.0.